The zero-order valence-electron chi connectivity index (χ0n) is 11.3. The van der Waals surface area contributed by atoms with Crippen LogP contribution in [0.25, 0.3) is 0 Å². The fraction of sp³-hybridized carbons (Fsp3) is 0.267. The van der Waals surface area contributed by atoms with Gasteiger partial charge in [0.05, 0.1) is 7.11 Å². The maximum Gasteiger partial charge on any atom is 0.150 e. The molecule has 0 atom stereocenters. The highest BCUT2D eigenvalue weighted by atomic mass is 32.2. The van der Waals surface area contributed by atoms with Crippen molar-refractivity contribution in [1.29, 1.82) is 0 Å². The van der Waals surface area contributed by atoms with E-state index in [0.717, 1.165) is 32.7 Å². The zero-order chi connectivity index (χ0) is 14.4. The standard InChI is InChI=1S/C15H15NO2S2/c1-11-9-19-15(16-11)20-10-13-8-12(4-3-7-17)5-6-14(13)18-2/h5-6,8-9,17H,7,10H2,1-2H3. The molecule has 0 amide bonds. The summed E-state index contributed by atoms with van der Waals surface area (Å²) >= 11 is 3.34. The van der Waals surface area contributed by atoms with Crippen LogP contribution in [0.1, 0.15) is 16.8 Å². The topological polar surface area (TPSA) is 42.4 Å². The molecule has 5 heteroatoms. The molecule has 0 saturated carbocycles. The molecule has 1 aromatic heterocycles. The largest absolute Gasteiger partial charge is 0.496 e. The molecule has 1 aromatic carbocycles. The molecule has 2 aromatic rings. The third-order valence-electron chi connectivity index (χ3n) is 2.54. The molecule has 104 valence electrons. The second-order valence-electron chi connectivity index (χ2n) is 4.03. The van der Waals surface area contributed by atoms with Gasteiger partial charge in [0.1, 0.15) is 16.7 Å². The molecule has 0 aliphatic heterocycles. The third-order valence-corrected chi connectivity index (χ3v) is 4.73. The van der Waals surface area contributed by atoms with Crippen LogP contribution >= 0.6 is 23.1 Å². The number of nitrogens with zero attached hydrogens (tertiary/aromatic N) is 1. The van der Waals surface area contributed by atoms with Gasteiger partial charge in [-0.3, -0.25) is 0 Å². The van der Waals surface area contributed by atoms with Crippen LogP contribution < -0.4 is 4.74 Å². The second kappa shape index (κ2) is 7.34. The number of thiazole rings is 1. The van der Waals surface area contributed by atoms with Crippen molar-refractivity contribution < 1.29 is 9.84 Å². The number of hydrogen-bond acceptors (Lipinski definition) is 5. The number of hydrogen-bond donors (Lipinski definition) is 1. The summed E-state index contributed by atoms with van der Waals surface area (Å²) in [5, 5.41) is 10.8. The molecule has 0 bridgehead atoms. The molecule has 0 fully saturated rings. The Morgan fingerprint density at radius 3 is 2.95 bits per heavy atom. The lowest BCUT2D eigenvalue weighted by Crippen LogP contribution is -1.91. The van der Waals surface area contributed by atoms with Crippen LogP contribution in [0, 0.1) is 18.8 Å². The molecular formula is C15H15NO2S2. The number of aromatic nitrogens is 1. The Bertz CT molecular complexity index is 641. The number of aliphatic hydroxyl groups is 1. The van der Waals surface area contributed by atoms with E-state index in [2.05, 4.69) is 16.8 Å². The van der Waals surface area contributed by atoms with Gasteiger partial charge in [-0.15, -0.1) is 11.3 Å². The van der Waals surface area contributed by atoms with Crippen molar-refractivity contribution in [2.75, 3.05) is 13.7 Å². The average molecular weight is 305 g/mol. The van der Waals surface area contributed by atoms with Gasteiger partial charge < -0.3 is 9.84 Å². The SMILES string of the molecule is COc1ccc(C#CCO)cc1CSc1nc(C)cs1. The van der Waals surface area contributed by atoms with Gasteiger partial charge in [0.2, 0.25) is 0 Å². The number of ether oxygens (including phenoxy) is 1. The minimum Gasteiger partial charge on any atom is -0.496 e. The number of methoxy groups -OCH3 is 1. The Kier molecular flexibility index (Phi) is 5.48. The van der Waals surface area contributed by atoms with Crippen molar-refractivity contribution >= 4 is 23.1 Å². The van der Waals surface area contributed by atoms with E-state index >= 15 is 0 Å². The Morgan fingerprint density at radius 1 is 1.45 bits per heavy atom. The Balaban J connectivity index is 2.15. The second-order valence-corrected chi connectivity index (χ2v) is 6.11. The number of rotatable bonds is 4. The molecule has 3 nitrogen and oxygen atoms in total. The first-order valence-electron chi connectivity index (χ1n) is 6.04. The summed E-state index contributed by atoms with van der Waals surface area (Å²) in [6, 6.07) is 5.79. The van der Waals surface area contributed by atoms with E-state index in [4.69, 9.17) is 9.84 Å². The number of benzene rings is 1. The fourth-order valence-electron chi connectivity index (χ4n) is 1.65. The van der Waals surface area contributed by atoms with Crippen LogP contribution in [0.3, 0.4) is 0 Å². The van der Waals surface area contributed by atoms with Crippen molar-refractivity contribution in [1.82, 2.24) is 4.98 Å². The fourth-order valence-corrected chi connectivity index (χ4v) is 3.48. The Hall–Kier alpha value is -1.48. The smallest absolute Gasteiger partial charge is 0.150 e. The highest BCUT2D eigenvalue weighted by Crippen LogP contribution is 2.30. The first kappa shape index (κ1) is 14.9. The minimum atomic E-state index is -0.130. The highest BCUT2D eigenvalue weighted by Gasteiger charge is 2.06. The molecule has 1 heterocycles. The lowest BCUT2D eigenvalue weighted by molar-refractivity contribution is 0.350. The average Bonchev–Trinajstić information content (AvgIpc) is 2.88. The maximum absolute atomic E-state index is 8.74. The molecule has 2 rings (SSSR count). The Labute approximate surface area is 127 Å². The van der Waals surface area contributed by atoms with Crippen LogP contribution in [0.15, 0.2) is 27.9 Å². The highest BCUT2D eigenvalue weighted by molar-refractivity contribution is 8.00. The van der Waals surface area contributed by atoms with Crippen molar-refractivity contribution in [3.05, 3.63) is 40.4 Å². The summed E-state index contributed by atoms with van der Waals surface area (Å²) in [6.45, 7) is 1.86. The number of aryl methyl sites for hydroxylation is 1. The van der Waals surface area contributed by atoms with Crippen LogP contribution in [-0.4, -0.2) is 23.8 Å². The number of aliphatic hydroxyl groups excluding tert-OH is 1. The number of thioether (sulfide) groups is 1. The molecule has 0 unspecified atom stereocenters. The predicted octanol–water partition coefficient (Wildman–Crippen LogP) is 3.10. The van der Waals surface area contributed by atoms with Crippen LogP contribution in [-0.2, 0) is 5.75 Å². The van der Waals surface area contributed by atoms with E-state index < -0.39 is 0 Å². The summed E-state index contributed by atoms with van der Waals surface area (Å²) in [6.07, 6.45) is 0. The molecule has 1 N–H and O–H groups in total. The first-order valence-corrected chi connectivity index (χ1v) is 7.91. The molecule has 0 aliphatic rings. The Morgan fingerprint density at radius 2 is 2.30 bits per heavy atom. The van der Waals surface area contributed by atoms with E-state index in [-0.39, 0.29) is 6.61 Å². The normalized spacial score (nSPS) is 9.95. The summed E-state index contributed by atoms with van der Waals surface area (Å²) in [5.74, 6) is 7.19. The molecular weight excluding hydrogens is 290 g/mol. The molecule has 20 heavy (non-hydrogen) atoms. The van der Waals surface area contributed by atoms with Gasteiger partial charge in [-0.2, -0.15) is 0 Å². The first-order chi connectivity index (χ1) is 9.72. The van der Waals surface area contributed by atoms with Crippen LogP contribution in [0.4, 0.5) is 0 Å². The van der Waals surface area contributed by atoms with Gasteiger partial charge in [-0.05, 0) is 25.1 Å². The van der Waals surface area contributed by atoms with Crippen molar-refractivity contribution in [2.24, 2.45) is 0 Å². The van der Waals surface area contributed by atoms with Crippen molar-refractivity contribution in [3.63, 3.8) is 0 Å². The van der Waals surface area contributed by atoms with Gasteiger partial charge in [-0.25, -0.2) is 4.98 Å². The lowest BCUT2D eigenvalue weighted by atomic mass is 10.1. The van der Waals surface area contributed by atoms with E-state index in [1.807, 2.05) is 30.5 Å². The molecule has 0 aliphatic carbocycles. The van der Waals surface area contributed by atoms with Crippen molar-refractivity contribution in [2.45, 2.75) is 17.0 Å². The minimum absolute atomic E-state index is 0.130. The summed E-state index contributed by atoms with van der Waals surface area (Å²) in [5.41, 5.74) is 3.01. The van der Waals surface area contributed by atoms with Gasteiger partial charge >= 0.3 is 0 Å². The van der Waals surface area contributed by atoms with Gasteiger partial charge in [0.15, 0.2) is 0 Å². The van der Waals surface area contributed by atoms with E-state index in [9.17, 15) is 0 Å². The lowest BCUT2D eigenvalue weighted by Gasteiger charge is -2.08. The van der Waals surface area contributed by atoms with Gasteiger partial charge in [-0.1, -0.05) is 23.6 Å². The van der Waals surface area contributed by atoms with Crippen LogP contribution in [0.5, 0.6) is 5.75 Å². The summed E-state index contributed by atoms with van der Waals surface area (Å²) in [7, 11) is 1.66. The van der Waals surface area contributed by atoms with E-state index in [1.54, 1.807) is 30.2 Å². The predicted molar refractivity (Wildman–Crippen MR) is 83.4 cm³/mol. The monoisotopic (exact) mass is 305 g/mol. The zero-order valence-corrected chi connectivity index (χ0v) is 13.0. The van der Waals surface area contributed by atoms with Gasteiger partial charge in [0.25, 0.3) is 0 Å². The molecule has 0 radical (unpaired) electrons. The van der Waals surface area contributed by atoms with Crippen LogP contribution in [0.2, 0.25) is 0 Å². The quantitative estimate of drug-likeness (QED) is 0.696. The van der Waals surface area contributed by atoms with Gasteiger partial charge in [0, 0.05) is 28.0 Å². The van der Waals surface area contributed by atoms with E-state index in [0.29, 0.717) is 0 Å². The third kappa shape index (κ3) is 4.01. The molecule has 0 spiro atoms. The summed E-state index contributed by atoms with van der Waals surface area (Å²) in [4.78, 5) is 4.43. The molecule has 0 saturated heterocycles. The van der Waals surface area contributed by atoms with E-state index in [1.165, 1.54) is 0 Å². The van der Waals surface area contributed by atoms with Crippen molar-refractivity contribution in [3.8, 4) is 17.6 Å². The maximum atomic E-state index is 8.74. The summed E-state index contributed by atoms with van der Waals surface area (Å²) < 4.78 is 6.42.